The molecule has 112 valence electrons. The second-order valence-electron chi connectivity index (χ2n) is 7.01. The molecule has 3 rings (SSSR count). The Morgan fingerprint density at radius 2 is 1.89 bits per heavy atom. The second kappa shape index (κ2) is 5.88. The zero-order valence-electron chi connectivity index (χ0n) is 12.2. The molecule has 19 heavy (non-hydrogen) atoms. The minimum absolute atomic E-state index is 0. The summed E-state index contributed by atoms with van der Waals surface area (Å²) in [5.74, 6) is 1.33. The number of alkyl carbamates (subject to hydrolysis) is 1. The van der Waals surface area contributed by atoms with Gasteiger partial charge >= 0.3 is 6.09 Å². The number of carbonyl (C=O) groups excluding carboxylic acids is 1. The van der Waals surface area contributed by atoms with E-state index in [0.717, 1.165) is 12.3 Å². The molecule has 2 bridgehead atoms. The van der Waals surface area contributed by atoms with Crippen LogP contribution in [-0.2, 0) is 4.74 Å². The molecule has 4 nitrogen and oxygen atoms in total. The number of carbonyl (C=O) groups is 1. The molecular weight excluding hydrogens is 264 g/mol. The van der Waals surface area contributed by atoms with Crippen LogP contribution in [0.3, 0.4) is 0 Å². The fourth-order valence-electron chi connectivity index (χ4n) is 3.41. The van der Waals surface area contributed by atoms with Gasteiger partial charge in [0.05, 0.1) is 0 Å². The van der Waals surface area contributed by atoms with Gasteiger partial charge in [0.25, 0.3) is 0 Å². The number of nitrogens with two attached hydrogens (primary N) is 1. The van der Waals surface area contributed by atoms with Crippen molar-refractivity contribution in [3.63, 3.8) is 0 Å². The number of halogens is 1. The highest BCUT2D eigenvalue weighted by atomic mass is 35.5. The topological polar surface area (TPSA) is 64.3 Å². The van der Waals surface area contributed by atoms with Crippen molar-refractivity contribution in [2.24, 2.45) is 17.6 Å². The molecule has 0 aromatic rings. The lowest BCUT2D eigenvalue weighted by Crippen LogP contribution is -2.60. The van der Waals surface area contributed by atoms with E-state index >= 15 is 0 Å². The first-order valence-corrected chi connectivity index (χ1v) is 7.04. The molecule has 3 fully saturated rings. The Balaban J connectivity index is 0.00000180. The van der Waals surface area contributed by atoms with E-state index in [2.05, 4.69) is 5.32 Å². The van der Waals surface area contributed by atoms with Gasteiger partial charge in [-0.2, -0.15) is 0 Å². The van der Waals surface area contributed by atoms with E-state index in [1.165, 1.54) is 25.7 Å². The maximum atomic E-state index is 11.7. The standard InChI is InChI=1S/C14H26N2O2.ClH/c1-13(2,3)18-12(17)16-9-14(15)8-10-4-6-11(14)7-5-10;/h10-11H,4-9,15H2,1-3H3,(H,16,17);1H. The summed E-state index contributed by atoms with van der Waals surface area (Å²) in [6, 6.07) is 0. The van der Waals surface area contributed by atoms with Gasteiger partial charge in [-0.25, -0.2) is 4.79 Å². The van der Waals surface area contributed by atoms with Crippen molar-refractivity contribution in [2.75, 3.05) is 6.54 Å². The van der Waals surface area contributed by atoms with Crippen LogP contribution >= 0.6 is 12.4 Å². The molecule has 3 aliphatic rings. The third kappa shape index (κ3) is 4.25. The molecule has 0 aromatic carbocycles. The molecule has 1 amide bonds. The Bertz CT molecular complexity index is 322. The molecule has 3 saturated carbocycles. The second-order valence-corrected chi connectivity index (χ2v) is 7.01. The summed E-state index contributed by atoms with van der Waals surface area (Å²) < 4.78 is 5.25. The zero-order chi connectivity index (χ0) is 13.4. The third-order valence-electron chi connectivity index (χ3n) is 4.29. The van der Waals surface area contributed by atoms with Crippen molar-refractivity contribution in [1.29, 1.82) is 0 Å². The van der Waals surface area contributed by atoms with Crippen LogP contribution in [0, 0.1) is 11.8 Å². The van der Waals surface area contributed by atoms with Crippen molar-refractivity contribution in [3.8, 4) is 0 Å². The maximum Gasteiger partial charge on any atom is 0.407 e. The normalized spacial score (nSPS) is 33.5. The number of fused-ring (bicyclic) bond motifs is 3. The Morgan fingerprint density at radius 1 is 1.32 bits per heavy atom. The van der Waals surface area contributed by atoms with Crippen molar-refractivity contribution in [2.45, 2.75) is 64.0 Å². The van der Waals surface area contributed by atoms with E-state index in [-0.39, 0.29) is 24.0 Å². The van der Waals surface area contributed by atoms with Crippen molar-refractivity contribution in [1.82, 2.24) is 5.32 Å². The van der Waals surface area contributed by atoms with Gasteiger partial charge in [-0.15, -0.1) is 12.4 Å². The Labute approximate surface area is 122 Å². The van der Waals surface area contributed by atoms with E-state index < -0.39 is 5.60 Å². The summed E-state index contributed by atoms with van der Waals surface area (Å²) >= 11 is 0. The molecule has 1 unspecified atom stereocenters. The van der Waals surface area contributed by atoms with Crippen LogP contribution in [0.15, 0.2) is 0 Å². The predicted molar refractivity (Wildman–Crippen MR) is 78.5 cm³/mol. The Morgan fingerprint density at radius 3 is 2.32 bits per heavy atom. The van der Waals surface area contributed by atoms with Crippen LogP contribution < -0.4 is 11.1 Å². The summed E-state index contributed by atoms with van der Waals surface area (Å²) in [5, 5.41) is 2.85. The van der Waals surface area contributed by atoms with E-state index in [0.29, 0.717) is 12.5 Å². The molecular formula is C14H27ClN2O2. The Kier molecular flexibility index (Phi) is 5.13. The number of rotatable bonds is 2. The molecule has 0 radical (unpaired) electrons. The van der Waals surface area contributed by atoms with Gasteiger partial charge in [0.2, 0.25) is 0 Å². The molecule has 3 aliphatic carbocycles. The summed E-state index contributed by atoms with van der Waals surface area (Å²) in [6.07, 6.45) is 5.77. The highest BCUT2D eigenvalue weighted by Crippen LogP contribution is 2.45. The van der Waals surface area contributed by atoms with Crippen LogP contribution in [-0.4, -0.2) is 23.8 Å². The molecule has 5 heteroatoms. The Hall–Kier alpha value is -0.480. The van der Waals surface area contributed by atoms with Crippen LogP contribution in [0.2, 0.25) is 0 Å². The lowest BCUT2D eigenvalue weighted by atomic mass is 9.61. The van der Waals surface area contributed by atoms with Crippen LogP contribution in [0.4, 0.5) is 4.79 Å². The summed E-state index contributed by atoms with van der Waals surface area (Å²) in [4.78, 5) is 11.7. The van der Waals surface area contributed by atoms with Crippen LogP contribution in [0.25, 0.3) is 0 Å². The molecule has 1 atom stereocenters. The number of nitrogens with one attached hydrogen (secondary N) is 1. The van der Waals surface area contributed by atoms with E-state index in [1.54, 1.807) is 0 Å². The molecule has 0 saturated heterocycles. The van der Waals surface area contributed by atoms with Gasteiger partial charge in [-0.1, -0.05) is 12.8 Å². The first-order valence-electron chi connectivity index (χ1n) is 7.04. The van der Waals surface area contributed by atoms with E-state index in [1.807, 2.05) is 20.8 Å². The third-order valence-corrected chi connectivity index (χ3v) is 4.29. The maximum absolute atomic E-state index is 11.7. The minimum Gasteiger partial charge on any atom is -0.444 e. The number of ether oxygens (including phenoxy) is 1. The zero-order valence-corrected chi connectivity index (χ0v) is 13.0. The summed E-state index contributed by atoms with van der Waals surface area (Å²) in [5.41, 5.74) is 5.83. The quantitative estimate of drug-likeness (QED) is 0.822. The van der Waals surface area contributed by atoms with Crippen LogP contribution in [0.5, 0.6) is 0 Å². The van der Waals surface area contributed by atoms with E-state index in [9.17, 15) is 4.79 Å². The number of hydrogen-bond acceptors (Lipinski definition) is 3. The van der Waals surface area contributed by atoms with Gasteiger partial charge in [-0.05, 0) is 51.9 Å². The first kappa shape index (κ1) is 16.6. The van der Waals surface area contributed by atoms with Gasteiger partial charge in [0.15, 0.2) is 0 Å². The first-order chi connectivity index (χ1) is 8.28. The van der Waals surface area contributed by atoms with Gasteiger partial charge in [0, 0.05) is 12.1 Å². The lowest BCUT2D eigenvalue weighted by Gasteiger charge is -2.49. The highest BCUT2D eigenvalue weighted by Gasteiger charge is 2.44. The van der Waals surface area contributed by atoms with Crippen molar-refractivity contribution in [3.05, 3.63) is 0 Å². The van der Waals surface area contributed by atoms with Gasteiger partial charge in [-0.3, -0.25) is 0 Å². The lowest BCUT2D eigenvalue weighted by molar-refractivity contribution is 0.0406. The smallest absolute Gasteiger partial charge is 0.407 e. The van der Waals surface area contributed by atoms with Crippen molar-refractivity contribution >= 4 is 18.5 Å². The molecule has 0 aromatic heterocycles. The van der Waals surface area contributed by atoms with Gasteiger partial charge in [0.1, 0.15) is 5.60 Å². The fourth-order valence-corrected chi connectivity index (χ4v) is 3.41. The van der Waals surface area contributed by atoms with Gasteiger partial charge < -0.3 is 15.8 Å². The minimum atomic E-state index is -0.447. The van der Waals surface area contributed by atoms with Crippen molar-refractivity contribution < 1.29 is 9.53 Å². The molecule has 0 aliphatic heterocycles. The summed E-state index contributed by atoms with van der Waals surface area (Å²) in [7, 11) is 0. The van der Waals surface area contributed by atoms with E-state index in [4.69, 9.17) is 10.5 Å². The fraction of sp³-hybridized carbons (Fsp3) is 0.929. The number of hydrogen-bond donors (Lipinski definition) is 2. The summed E-state index contributed by atoms with van der Waals surface area (Å²) in [6.45, 7) is 6.15. The van der Waals surface area contributed by atoms with Crippen LogP contribution in [0.1, 0.15) is 52.9 Å². The average molecular weight is 291 g/mol. The molecule has 0 heterocycles. The monoisotopic (exact) mass is 290 g/mol. The number of amides is 1. The molecule has 3 N–H and O–H groups in total. The highest BCUT2D eigenvalue weighted by molar-refractivity contribution is 5.85. The largest absolute Gasteiger partial charge is 0.444 e. The predicted octanol–water partition coefficient (Wildman–Crippen LogP) is 2.84. The average Bonchev–Trinajstić information content (AvgIpc) is 2.26. The molecule has 0 spiro atoms. The SMILES string of the molecule is CC(C)(C)OC(=O)NCC1(N)CC2CCC1CC2.Cl.